The maximum Gasteiger partial charge on any atom is 0.245 e. The first-order chi connectivity index (χ1) is 8.97. The van der Waals surface area contributed by atoms with Gasteiger partial charge in [-0.15, -0.1) is 0 Å². The lowest BCUT2D eigenvalue weighted by Crippen LogP contribution is -2.42. The summed E-state index contributed by atoms with van der Waals surface area (Å²) in [6, 6.07) is 4.05. The van der Waals surface area contributed by atoms with Gasteiger partial charge in [0.25, 0.3) is 0 Å². The van der Waals surface area contributed by atoms with Gasteiger partial charge in [0, 0.05) is 29.5 Å². The minimum absolute atomic E-state index is 0.155. The van der Waals surface area contributed by atoms with Crippen molar-refractivity contribution in [3.8, 4) is 0 Å². The van der Waals surface area contributed by atoms with Crippen molar-refractivity contribution in [1.82, 2.24) is 10.2 Å². The molecule has 4 nitrogen and oxygen atoms in total. The van der Waals surface area contributed by atoms with E-state index in [2.05, 4.69) is 21.2 Å². The summed E-state index contributed by atoms with van der Waals surface area (Å²) in [4.78, 5) is 25.0. The Hall–Kier alpha value is -1.43. The van der Waals surface area contributed by atoms with Crippen LogP contribution in [-0.2, 0) is 16.1 Å². The zero-order valence-corrected chi connectivity index (χ0v) is 12.0. The van der Waals surface area contributed by atoms with Crippen molar-refractivity contribution < 1.29 is 14.0 Å². The van der Waals surface area contributed by atoms with Gasteiger partial charge in [0.2, 0.25) is 11.8 Å². The van der Waals surface area contributed by atoms with Gasteiger partial charge < -0.3 is 10.2 Å². The minimum Gasteiger partial charge on any atom is -0.345 e. The molecular weight excluding hydrogens is 315 g/mol. The molecule has 0 radical (unpaired) electrons. The Bertz CT molecular complexity index is 521. The van der Waals surface area contributed by atoms with Gasteiger partial charge in [0.1, 0.15) is 11.9 Å². The summed E-state index contributed by atoms with van der Waals surface area (Å²) in [7, 11) is 0. The van der Waals surface area contributed by atoms with E-state index >= 15 is 0 Å². The molecule has 0 spiro atoms. The molecule has 1 unspecified atom stereocenters. The number of carbonyl (C=O) groups excluding carboxylic acids is 2. The topological polar surface area (TPSA) is 49.4 Å². The van der Waals surface area contributed by atoms with Crippen molar-refractivity contribution in [1.29, 1.82) is 0 Å². The Kier molecular flexibility index (Phi) is 4.19. The zero-order chi connectivity index (χ0) is 14.0. The van der Waals surface area contributed by atoms with Crippen LogP contribution in [0.15, 0.2) is 22.7 Å². The second-order valence-corrected chi connectivity index (χ2v) is 5.45. The summed E-state index contributed by atoms with van der Waals surface area (Å²) >= 11 is 3.28. The highest BCUT2D eigenvalue weighted by Crippen LogP contribution is 2.18. The smallest absolute Gasteiger partial charge is 0.245 e. The molecule has 1 aromatic rings. The van der Waals surface area contributed by atoms with E-state index in [0.717, 1.165) is 4.47 Å². The molecule has 19 heavy (non-hydrogen) atoms. The van der Waals surface area contributed by atoms with Crippen LogP contribution in [0.2, 0.25) is 0 Å². The molecule has 1 aliphatic rings. The lowest BCUT2D eigenvalue weighted by atomic mass is 10.2. The maximum atomic E-state index is 13.7. The monoisotopic (exact) mass is 328 g/mol. The molecule has 2 rings (SSSR count). The van der Waals surface area contributed by atoms with Gasteiger partial charge in [-0.1, -0.05) is 15.9 Å². The van der Waals surface area contributed by atoms with Crippen molar-refractivity contribution in [2.75, 3.05) is 6.54 Å². The van der Waals surface area contributed by atoms with Gasteiger partial charge in [-0.25, -0.2) is 4.39 Å². The average Bonchev–Trinajstić information content (AvgIpc) is 2.47. The highest BCUT2D eigenvalue weighted by atomic mass is 79.9. The molecule has 0 aromatic heterocycles. The number of hydrogen-bond donors (Lipinski definition) is 1. The van der Waals surface area contributed by atoms with Crippen molar-refractivity contribution in [3.05, 3.63) is 34.1 Å². The standard InChI is InChI=1S/C13H14BrFN2O2/c1-8-13(19)17(5-4-12(18)16-8)7-9-6-10(14)2-3-11(9)15/h2-3,6,8H,4-5,7H2,1H3,(H,16,18). The summed E-state index contributed by atoms with van der Waals surface area (Å²) < 4.78 is 14.4. The van der Waals surface area contributed by atoms with Gasteiger partial charge in [-0.05, 0) is 25.1 Å². The molecule has 1 atom stereocenters. The Morgan fingerprint density at radius 3 is 2.95 bits per heavy atom. The normalized spacial score (nSPS) is 20.2. The van der Waals surface area contributed by atoms with Crippen LogP contribution < -0.4 is 5.32 Å². The Balaban J connectivity index is 2.19. The third-order valence-corrected chi connectivity index (χ3v) is 3.53. The summed E-state index contributed by atoms with van der Waals surface area (Å²) in [5.74, 6) is -0.699. The predicted molar refractivity (Wildman–Crippen MR) is 71.7 cm³/mol. The fourth-order valence-corrected chi connectivity index (χ4v) is 2.43. The molecule has 0 aliphatic carbocycles. The maximum absolute atomic E-state index is 13.7. The van der Waals surface area contributed by atoms with Crippen molar-refractivity contribution in [2.45, 2.75) is 25.9 Å². The predicted octanol–water partition coefficient (Wildman–Crippen LogP) is 1.83. The first-order valence-electron chi connectivity index (χ1n) is 5.99. The van der Waals surface area contributed by atoms with E-state index < -0.39 is 6.04 Å². The largest absolute Gasteiger partial charge is 0.345 e. The fraction of sp³-hybridized carbons (Fsp3) is 0.385. The molecule has 102 valence electrons. The lowest BCUT2D eigenvalue weighted by molar-refractivity contribution is -0.133. The van der Waals surface area contributed by atoms with Crippen LogP contribution in [0, 0.1) is 5.82 Å². The van der Waals surface area contributed by atoms with Crippen LogP contribution in [0.3, 0.4) is 0 Å². The molecule has 2 amide bonds. The molecule has 1 aliphatic heterocycles. The second-order valence-electron chi connectivity index (χ2n) is 4.53. The Labute approximate surface area is 119 Å². The van der Waals surface area contributed by atoms with Gasteiger partial charge in [0.15, 0.2) is 0 Å². The SMILES string of the molecule is CC1NC(=O)CCN(Cc2cc(Br)ccc2F)C1=O. The van der Waals surface area contributed by atoms with Crippen LogP contribution in [-0.4, -0.2) is 29.3 Å². The number of nitrogens with one attached hydrogen (secondary N) is 1. The lowest BCUT2D eigenvalue weighted by Gasteiger charge is -2.22. The summed E-state index contributed by atoms with van der Waals surface area (Å²) in [5, 5.41) is 2.60. The molecule has 6 heteroatoms. The third-order valence-electron chi connectivity index (χ3n) is 3.04. The molecule has 0 bridgehead atoms. The Morgan fingerprint density at radius 2 is 2.21 bits per heavy atom. The summed E-state index contributed by atoms with van der Waals surface area (Å²) in [6.07, 6.45) is 0.242. The van der Waals surface area contributed by atoms with E-state index in [9.17, 15) is 14.0 Å². The number of halogens is 2. The Morgan fingerprint density at radius 1 is 1.47 bits per heavy atom. The molecular formula is C13H14BrFN2O2. The number of nitrogens with zero attached hydrogens (tertiary/aromatic N) is 1. The number of hydrogen-bond acceptors (Lipinski definition) is 2. The van der Waals surface area contributed by atoms with Gasteiger partial charge in [-0.2, -0.15) is 0 Å². The minimum atomic E-state index is -0.565. The first-order valence-corrected chi connectivity index (χ1v) is 6.79. The van der Waals surface area contributed by atoms with E-state index in [1.807, 2.05) is 0 Å². The first kappa shape index (κ1) is 14.0. The van der Waals surface area contributed by atoms with E-state index in [-0.39, 0.29) is 30.6 Å². The number of carbonyl (C=O) groups is 2. The van der Waals surface area contributed by atoms with Crippen molar-refractivity contribution in [2.24, 2.45) is 0 Å². The highest BCUT2D eigenvalue weighted by Gasteiger charge is 2.26. The van der Waals surface area contributed by atoms with E-state index in [4.69, 9.17) is 0 Å². The molecule has 1 N–H and O–H groups in total. The summed E-state index contributed by atoms with van der Waals surface area (Å²) in [6.45, 7) is 2.11. The van der Waals surface area contributed by atoms with Crippen molar-refractivity contribution >= 4 is 27.7 Å². The van der Waals surface area contributed by atoms with E-state index in [1.54, 1.807) is 19.1 Å². The second kappa shape index (κ2) is 5.69. The van der Waals surface area contributed by atoms with Gasteiger partial charge in [0.05, 0.1) is 0 Å². The van der Waals surface area contributed by atoms with Crippen LogP contribution in [0.25, 0.3) is 0 Å². The molecule has 1 heterocycles. The van der Waals surface area contributed by atoms with Crippen molar-refractivity contribution in [3.63, 3.8) is 0 Å². The molecule has 1 saturated heterocycles. The van der Waals surface area contributed by atoms with E-state index in [0.29, 0.717) is 12.1 Å². The quantitative estimate of drug-likeness (QED) is 0.900. The zero-order valence-electron chi connectivity index (χ0n) is 10.5. The fourth-order valence-electron chi connectivity index (χ4n) is 2.02. The highest BCUT2D eigenvalue weighted by molar-refractivity contribution is 9.10. The van der Waals surface area contributed by atoms with E-state index in [1.165, 1.54) is 11.0 Å². The van der Waals surface area contributed by atoms with Crippen LogP contribution >= 0.6 is 15.9 Å². The van der Waals surface area contributed by atoms with Gasteiger partial charge >= 0.3 is 0 Å². The number of benzene rings is 1. The molecule has 0 saturated carbocycles. The number of amides is 2. The van der Waals surface area contributed by atoms with Crippen LogP contribution in [0.5, 0.6) is 0 Å². The number of rotatable bonds is 2. The van der Waals surface area contributed by atoms with Gasteiger partial charge in [-0.3, -0.25) is 9.59 Å². The molecule has 1 fully saturated rings. The van der Waals surface area contributed by atoms with Crippen LogP contribution in [0.1, 0.15) is 18.9 Å². The molecule has 1 aromatic carbocycles. The average molecular weight is 329 g/mol. The third kappa shape index (κ3) is 3.32. The van der Waals surface area contributed by atoms with Crippen LogP contribution in [0.4, 0.5) is 4.39 Å². The summed E-state index contributed by atoms with van der Waals surface area (Å²) in [5.41, 5.74) is 0.435.